The average molecular weight is 250 g/mol. The molecule has 0 bridgehead atoms. The van der Waals surface area contributed by atoms with Gasteiger partial charge in [-0.2, -0.15) is 0 Å². The molecule has 0 aromatic carbocycles. The van der Waals surface area contributed by atoms with Crippen molar-refractivity contribution < 1.29 is 9.53 Å². The molecule has 0 amide bonds. The summed E-state index contributed by atoms with van der Waals surface area (Å²) in [7, 11) is 1.46. The van der Waals surface area contributed by atoms with Crippen LogP contribution in [0.15, 0.2) is 18.3 Å². The highest BCUT2D eigenvalue weighted by atomic mass is 16.5. The van der Waals surface area contributed by atoms with Gasteiger partial charge in [0.2, 0.25) is 0 Å². The van der Waals surface area contributed by atoms with E-state index in [1.165, 1.54) is 12.8 Å². The summed E-state index contributed by atoms with van der Waals surface area (Å²) in [6.07, 6.45) is 3.82. The van der Waals surface area contributed by atoms with Crippen LogP contribution in [-0.4, -0.2) is 31.2 Å². The molecule has 1 heterocycles. The van der Waals surface area contributed by atoms with Gasteiger partial charge < -0.3 is 15.0 Å². The van der Waals surface area contributed by atoms with E-state index in [4.69, 9.17) is 4.74 Å². The van der Waals surface area contributed by atoms with Gasteiger partial charge in [-0.15, -0.1) is 0 Å². The highest BCUT2D eigenvalue weighted by Gasteiger charge is 2.50. The molecule has 1 aliphatic rings. The van der Waals surface area contributed by atoms with Gasteiger partial charge in [0.15, 0.2) is 0 Å². The van der Waals surface area contributed by atoms with Gasteiger partial charge in [-0.1, -0.05) is 13.8 Å². The molecule has 18 heavy (non-hydrogen) atoms. The van der Waals surface area contributed by atoms with Crippen LogP contribution in [0.3, 0.4) is 0 Å². The highest BCUT2D eigenvalue weighted by Crippen LogP contribution is 2.46. The van der Waals surface area contributed by atoms with E-state index in [1.54, 1.807) is 0 Å². The molecule has 1 saturated carbocycles. The fourth-order valence-electron chi connectivity index (χ4n) is 2.28. The normalized spacial score (nSPS) is 17.5. The van der Waals surface area contributed by atoms with Crippen LogP contribution in [0.25, 0.3) is 0 Å². The van der Waals surface area contributed by atoms with Crippen LogP contribution in [0.4, 0.5) is 0 Å². The number of aromatic amines is 1. The van der Waals surface area contributed by atoms with Crippen LogP contribution in [-0.2, 0) is 14.9 Å². The maximum Gasteiger partial charge on any atom is 0.313 e. The van der Waals surface area contributed by atoms with Gasteiger partial charge in [-0.3, -0.25) is 4.79 Å². The number of carbonyl (C=O) groups is 1. The minimum Gasteiger partial charge on any atom is -0.469 e. The van der Waals surface area contributed by atoms with Crippen LogP contribution in [0.5, 0.6) is 0 Å². The van der Waals surface area contributed by atoms with Gasteiger partial charge >= 0.3 is 5.97 Å². The average Bonchev–Trinajstić information content (AvgIpc) is 2.92. The van der Waals surface area contributed by atoms with Crippen LogP contribution in [0.1, 0.15) is 32.4 Å². The van der Waals surface area contributed by atoms with Crippen LogP contribution >= 0.6 is 0 Å². The zero-order valence-corrected chi connectivity index (χ0v) is 11.4. The first-order chi connectivity index (χ1) is 8.50. The van der Waals surface area contributed by atoms with Crippen molar-refractivity contribution in [3.63, 3.8) is 0 Å². The highest BCUT2D eigenvalue weighted by molar-refractivity contribution is 5.80. The molecular formula is C14H22N2O2. The van der Waals surface area contributed by atoms with Gasteiger partial charge in [-0.25, -0.2) is 0 Å². The van der Waals surface area contributed by atoms with Crippen molar-refractivity contribution in [2.45, 2.75) is 32.1 Å². The second-order valence-corrected chi connectivity index (χ2v) is 5.84. The molecule has 0 saturated heterocycles. The number of rotatable bonds is 6. The third-order valence-corrected chi connectivity index (χ3v) is 3.83. The lowest BCUT2D eigenvalue weighted by molar-refractivity contribution is -0.146. The third kappa shape index (κ3) is 2.58. The first kappa shape index (κ1) is 13.1. The summed E-state index contributed by atoms with van der Waals surface area (Å²) in [6, 6.07) is 4.10. The third-order valence-electron chi connectivity index (χ3n) is 3.83. The van der Waals surface area contributed by atoms with E-state index in [9.17, 15) is 4.79 Å². The van der Waals surface area contributed by atoms with Crippen molar-refractivity contribution in [2.24, 2.45) is 5.41 Å². The fraction of sp³-hybridized carbons (Fsp3) is 0.643. The predicted molar refractivity (Wildman–Crippen MR) is 70.4 cm³/mol. The Kier molecular flexibility index (Phi) is 3.48. The van der Waals surface area contributed by atoms with Crippen molar-refractivity contribution in [1.29, 1.82) is 0 Å². The number of ether oxygens (including phenoxy) is 1. The molecule has 1 aromatic heterocycles. The molecule has 2 rings (SSSR count). The van der Waals surface area contributed by atoms with E-state index in [-0.39, 0.29) is 16.8 Å². The lowest BCUT2D eigenvalue weighted by Gasteiger charge is -2.25. The Balaban J connectivity index is 1.84. The van der Waals surface area contributed by atoms with Crippen LogP contribution < -0.4 is 5.32 Å². The minimum absolute atomic E-state index is 0.0374. The molecule has 4 heteroatoms. The number of H-pyrrole nitrogens is 1. The Morgan fingerprint density at radius 3 is 2.78 bits per heavy atom. The number of esters is 1. The summed E-state index contributed by atoms with van der Waals surface area (Å²) in [5, 5.41) is 3.41. The molecule has 1 fully saturated rings. The summed E-state index contributed by atoms with van der Waals surface area (Å²) in [4.78, 5) is 14.9. The fourth-order valence-corrected chi connectivity index (χ4v) is 2.28. The van der Waals surface area contributed by atoms with Crippen molar-refractivity contribution in [1.82, 2.24) is 10.3 Å². The zero-order valence-electron chi connectivity index (χ0n) is 11.4. The lowest BCUT2D eigenvalue weighted by Crippen LogP contribution is -2.38. The van der Waals surface area contributed by atoms with E-state index in [0.717, 1.165) is 19.4 Å². The monoisotopic (exact) mass is 250 g/mol. The van der Waals surface area contributed by atoms with Gasteiger partial charge in [-0.05, 0) is 25.0 Å². The van der Waals surface area contributed by atoms with Crippen LogP contribution in [0, 0.1) is 5.41 Å². The van der Waals surface area contributed by atoms with Crippen molar-refractivity contribution >= 4 is 5.97 Å². The topological polar surface area (TPSA) is 54.1 Å². The molecule has 100 valence electrons. The van der Waals surface area contributed by atoms with Crippen LogP contribution in [0.2, 0.25) is 0 Å². The Labute approximate surface area is 108 Å². The first-order valence-corrected chi connectivity index (χ1v) is 6.43. The summed E-state index contributed by atoms with van der Waals surface area (Å²) >= 11 is 0. The molecule has 1 aliphatic carbocycles. The van der Waals surface area contributed by atoms with E-state index < -0.39 is 0 Å². The summed E-state index contributed by atoms with van der Waals surface area (Å²) in [5.74, 6) is -0.0762. The van der Waals surface area contributed by atoms with Crippen molar-refractivity contribution in [3.05, 3.63) is 24.0 Å². The molecule has 0 atom stereocenters. The smallest absolute Gasteiger partial charge is 0.313 e. The number of aromatic nitrogens is 1. The number of carbonyl (C=O) groups excluding carboxylic acids is 1. The predicted octanol–water partition coefficient (Wildman–Crippen LogP) is 1.84. The summed E-state index contributed by atoms with van der Waals surface area (Å²) in [6.45, 7) is 5.92. The van der Waals surface area contributed by atoms with E-state index in [2.05, 4.69) is 30.2 Å². The Morgan fingerprint density at radius 2 is 2.28 bits per heavy atom. The number of nitrogens with one attached hydrogen (secondary N) is 2. The number of hydrogen-bond acceptors (Lipinski definition) is 3. The van der Waals surface area contributed by atoms with Gasteiger partial charge in [0, 0.05) is 30.4 Å². The molecule has 4 nitrogen and oxygen atoms in total. The largest absolute Gasteiger partial charge is 0.469 e. The number of hydrogen-bond donors (Lipinski definition) is 2. The second-order valence-electron chi connectivity index (χ2n) is 5.84. The standard InChI is InChI=1S/C14H22N2O2/c1-13(2,11-5-4-8-16-11)9-15-10-14(6-7-14)12(17)18-3/h4-5,8,15-16H,6-7,9-10H2,1-3H3. The Bertz CT molecular complexity index is 405. The molecule has 1 aromatic rings. The molecular weight excluding hydrogens is 228 g/mol. The maximum atomic E-state index is 11.6. The van der Waals surface area contributed by atoms with Crippen molar-refractivity contribution in [3.8, 4) is 0 Å². The maximum absolute atomic E-state index is 11.6. The molecule has 0 aliphatic heterocycles. The Hall–Kier alpha value is -1.29. The molecule has 2 N–H and O–H groups in total. The SMILES string of the molecule is COC(=O)C1(CNCC(C)(C)c2ccc[nH]2)CC1. The number of methoxy groups -OCH3 is 1. The van der Waals surface area contributed by atoms with Gasteiger partial charge in [0.1, 0.15) is 0 Å². The van der Waals surface area contributed by atoms with Gasteiger partial charge in [0.05, 0.1) is 12.5 Å². The first-order valence-electron chi connectivity index (χ1n) is 6.43. The zero-order chi connectivity index (χ0) is 13.2. The Morgan fingerprint density at radius 1 is 1.56 bits per heavy atom. The quantitative estimate of drug-likeness (QED) is 0.757. The molecule has 0 spiro atoms. The molecule has 0 radical (unpaired) electrons. The summed E-state index contributed by atoms with van der Waals surface area (Å²) in [5.41, 5.74) is 0.994. The minimum atomic E-state index is -0.249. The molecule has 0 unspecified atom stereocenters. The van der Waals surface area contributed by atoms with Gasteiger partial charge in [0.25, 0.3) is 0 Å². The van der Waals surface area contributed by atoms with Crippen molar-refractivity contribution in [2.75, 3.05) is 20.2 Å². The van der Waals surface area contributed by atoms with E-state index in [1.807, 2.05) is 12.3 Å². The van der Waals surface area contributed by atoms with E-state index >= 15 is 0 Å². The lowest BCUT2D eigenvalue weighted by atomic mass is 9.89. The second kappa shape index (κ2) is 4.76. The summed E-state index contributed by atoms with van der Waals surface area (Å²) < 4.78 is 4.85. The van der Waals surface area contributed by atoms with E-state index in [0.29, 0.717) is 6.54 Å².